The van der Waals surface area contributed by atoms with E-state index in [4.69, 9.17) is 4.74 Å². The number of carbonyl (C=O) groups is 1. The van der Waals surface area contributed by atoms with Crippen molar-refractivity contribution in [2.24, 2.45) is 17.3 Å². The third-order valence-electron chi connectivity index (χ3n) is 8.47. The van der Waals surface area contributed by atoms with Crippen molar-refractivity contribution >= 4 is 11.7 Å². The van der Waals surface area contributed by atoms with Gasteiger partial charge in [0, 0.05) is 29.1 Å². The molecule has 6 atom stereocenters. The lowest BCUT2D eigenvalue weighted by Gasteiger charge is -2.50. The van der Waals surface area contributed by atoms with Crippen LogP contribution in [0.3, 0.4) is 0 Å². The monoisotopic (exact) mass is 336 g/mol. The number of nitrogens with zero attached hydrogens (tertiary/aromatic N) is 1. The maximum Gasteiger partial charge on any atom is 0.311 e. The van der Waals surface area contributed by atoms with E-state index in [0.29, 0.717) is 12.0 Å². The molecule has 25 heavy (non-hydrogen) atoms. The van der Waals surface area contributed by atoms with E-state index in [9.17, 15) is 4.79 Å². The van der Waals surface area contributed by atoms with Gasteiger partial charge >= 0.3 is 5.97 Å². The number of esters is 1. The second-order valence-corrected chi connectivity index (χ2v) is 8.67. The molecule has 3 spiro atoms. The maximum atomic E-state index is 12.9. The predicted octanol–water partition coefficient (Wildman–Crippen LogP) is 2.56. The summed E-state index contributed by atoms with van der Waals surface area (Å²) >= 11 is 0. The summed E-state index contributed by atoms with van der Waals surface area (Å²) in [6.45, 7) is 4.53. The molecule has 6 rings (SSSR count). The largest absolute Gasteiger partial charge is 0.469 e. The van der Waals surface area contributed by atoms with Crippen molar-refractivity contribution in [3.8, 4) is 0 Å². The number of anilines is 1. The summed E-state index contributed by atoms with van der Waals surface area (Å²) < 4.78 is 5.30. The van der Waals surface area contributed by atoms with Crippen LogP contribution in [-0.4, -0.2) is 42.6 Å². The molecule has 2 bridgehead atoms. The van der Waals surface area contributed by atoms with E-state index in [2.05, 4.69) is 53.6 Å². The summed E-state index contributed by atoms with van der Waals surface area (Å²) in [6.07, 6.45) is 6.83. The second-order valence-electron chi connectivity index (χ2n) is 8.67. The number of methoxy groups -OCH3 is 1. The molecule has 2 saturated carbocycles. The second kappa shape index (κ2) is 4.12. The highest BCUT2D eigenvalue weighted by atomic mass is 16.5. The molecule has 0 radical (unpaired) electrons. The number of hydrogen-bond acceptors (Lipinski definition) is 4. The SMILES string of the molecule is COC(=O)[C@H]1C[C@@]23C=CCN4CC[C@@]5(c6ccccc6N[C@]15C2C)[C@@H]43. The number of nitrogens with one attached hydrogen (secondary N) is 1. The molecule has 1 N–H and O–H groups in total. The van der Waals surface area contributed by atoms with Gasteiger partial charge in [-0.1, -0.05) is 37.3 Å². The van der Waals surface area contributed by atoms with Crippen molar-refractivity contribution in [1.82, 2.24) is 4.90 Å². The van der Waals surface area contributed by atoms with Crippen molar-refractivity contribution in [1.29, 1.82) is 0 Å². The lowest BCUT2D eigenvalue weighted by atomic mass is 9.57. The van der Waals surface area contributed by atoms with Crippen LogP contribution in [0.15, 0.2) is 36.4 Å². The van der Waals surface area contributed by atoms with Crippen LogP contribution in [0.5, 0.6) is 0 Å². The molecule has 2 aliphatic carbocycles. The van der Waals surface area contributed by atoms with Gasteiger partial charge < -0.3 is 10.1 Å². The summed E-state index contributed by atoms with van der Waals surface area (Å²) in [5.74, 6) is 0.277. The third-order valence-corrected chi connectivity index (χ3v) is 8.47. The number of rotatable bonds is 1. The summed E-state index contributed by atoms with van der Waals surface area (Å²) in [6, 6.07) is 9.25. The molecular formula is C21H24N2O2. The van der Waals surface area contributed by atoms with E-state index < -0.39 is 0 Å². The smallest absolute Gasteiger partial charge is 0.311 e. The molecule has 0 amide bonds. The minimum Gasteiger partial charge on any atom is -0.469 e. The molecule has 1 saturated heterocycles. The van der Waals surface area contributed by atoms with Gasteiger partial charge in [-0.15, -0.1) is 0 Å². The standard InChI is InChI=1S/C21H24N2O2/c1-13-19-8-5-10-23-11-9-20(18(19)23)14-6-3-4-7-16(14)22-21(13,20)15(12-19)17(24)25-2/h3-8,13,15,18,22H,9-12H2,1-2H3/t13?,15-,18+,19+,20-,21-/m1/s1. The first-order chi connectivity index (χ1) is 12.1. The number of benzene rings is 1. The van der Waals surface area contributed by atoms with Gasteiger partial charge in [0.15, 0.2) is 0 Å². The lowest BCUT2D eigenvalue weighted by Crippen LogP contribution is -2.63. The first-order valence-electron chi connectivity index (χ1n) is 9.49. The van der Waals surface area contributed by atoms with Gasteiger partial charge in [-0.25, -0.2) is 0 Å². The van der Waals surface area contributed by atoms with Gasteiger partial charge in [-0.2, -0.15) is 0 Å². The summed E-state index contributed by atoms with van der Waals surface area (Å²) in [4.78, 5) is 15.6. The normalized spacial score (nSPS) is 48.0. The molecule has 0 aromatic heterocycles. The lowest BCUT2D eigenvalue weighted by molar-refractivity contribution is -0.149. The maximum absolute atomic E-state index is 12.9. The van der Waals surface area contributed by atoms with E-state index in [1.807, 2.05) is 0 Å². The topological polar surface area (TPSA) is 41.6 Å². The van der Waals surface area contributed by atoms with Gasteiger partial charge in [0.05, 0.1) is 18.6 Å². The molecular weight excluding hydrogens is 312 g/mol. The first-order valence-corrected chi connectivity index (χ1v) is 9.49. The molecule has 4 heteroatoms. The summed E-state index contributed by atoms with van der Waals surface area (Å²) in [5.41, 5.74) is 2.53. The zero-order chi connectivity index (χ0) is 17.0. The third kappa shape index (κ3) is 1.19. The van der Waals surface area contributed by atoms with E-state index in [1.54, 1.807) is 0 Å². The van der Waals surface area contributed by atoms with Gasteiger partial charge in [-0.05, 0) is 36.9 Å². The van der Waals surface area contributed by atoms with Crippen LogP contribution in [0.1, 0.15) is 25.3 Å². The summed E-state index contributed by atoms with van der Waals surface area (Å²) in [5, 5.41) is 3.92. The molecule has 5 aliphatic rings. The van der Waals surface area contributed by atoms with Gasteiger partial charge in [0.25, 0.3) is 0 Å². The number of carbonyl (C=O) groups excluding carboxylic acids is 1. The highest BCUT2D eigenvalue weighted by Crippen LogP contribution is 2.78. The highest BCUT2D eigenvalue weighted by molar-refractivity contribution is 5.82. The quantitative estimate of drug-likeness (QED) is 0.632. The Labute approximate surface area is 148 Å². The molecule has 4 nitrogen and oxygen atoms in total. The van der Waals surface area contributed by atoms with Crippen molar-refractivity contribution < 1.29 is 9.53 Å². The van der Waals surface area contributed by atoms with Crippen LogP contribution in [0, 0.1) is 17.3 Å². The predicted molar refractivity (Wildman–Crippen MR) is 95.3 cm³/mol. The van der Waals surface area contributed by atoms with E-state index in [-0.39, 0.29) is 28.3 Å². The van der Waals surface area contributed by atoms with E-state index >= 15 is 0 Å². The number of para-hydroxylation sites is 1. The summed E-state index contributed by atoms with van der Waals surface area (Å²) in [7, 11) is 1.54. The molecule has 130 valence electrons. The average Bonchev–Trinajstić information content (AvgIpc) is 3.29. The highest BCUT2D eigenvalue weighted by Gasteiger charge is 2.85. The minimum absolute atomic E-state index is 0.0187. The van der Waals surface area contributed by atoms with Crippen LogP contribution < -0.4 is 5.32 Å². The van der Waals surface area contributed by atoms with Crippen molar-refractivity contribution in [2.75, 3.05) is 25.5 Å². The molecule has 3 aliphatic heterocycles. The number of hydrogen-bond donors (Lipinski definition) is 1. The molecule has 3 fully saturated rings. The van der Waals surface area contributed by atoms with Gasteiger partial charge in [0.1, 0.15) is 0 Å². The Kier molecular flexibility index (Phi) is 2.37. The Morgan fingerprint density at radius 3 is 3.04 bits per heavy atom. The molecule has 1 unspecified atom stereocenters. The average molecular weight is 336 g/mol. The van der Waals surface area contributed by atoms with E-state index in [0.717, 1.165) is 25.9 Å². The van der Waals surface area contributed by atoms with Crippen LogP contribution in [0.25, 0.3) is 0 Å². The van der Waals surface area contributed by atoms with Crippen molar-refractivity contribution in [2.45, 2.75) is 36.8 Å². The van der Waals surface area contributed by atoms with Crippen molar-refractivity contribution in [3.05, 3.63) is 42.0 Å². The van der Waals surface area contributed by atoms with Crippen molar-refractivity contribution in [3.63, 3.8) is 0 Å². The Bertz CT molecular complexity index is 835. The zero-order valence-electron chi connectivity index (χ0n) is 14.8. The molecule has 1 aromatic rings. The van der Waals surface area contributed by atoms with Crippen LogP contribution in [0.2, 0.25) is 0 Å². The fraction of sp³-hybridized carbons (Fsp3) is 0.571. The Morgan fingerprint density at radius 1 is 1.36 bits per heavy atom. The first kappa shape index (κ1) is 14.4. The minimum atomic E-state index is -0.224. The van der Waals surface area contributed by atoms with Crippen LogP contribution in [-0.2, 0) is 14.9 Å². The van der Waals surface area contributed by atoms with Gasteiger partial charge in [0.2, 0.25) is 0 Å². The van der Waals surface area contributed by atoms with E-state index in [1.165, 1.54) is 18.4 Å². The fourth-order valence-corrected chi connectivity index (χ4v) is 7.93. The Hall–Kier alpha value is -1.81. The zero-order valence-corrected chi connectivity index (χ0v) is 14.8. The Morgan fingerprint density at radius 2 is 2.20 bits per heavy atom. The Balaban J connectivity index is 1.69. The van der Waals surface area contributed by atoms with Crippen LogP contribution in [0.4, 0.5) is 5.69 Å². The molecule has 1 aromatic carbocycles. The molecule has 3 heterocycles. The number of fused-ring (bicyclic) bond motifs is 1. The number of ether oxygens (including phenoxy) is 1. The fourth-order valence-electron chi connectivity index (χ4n) is 7.93. The van der Waals surface area contributed by atoms with Crippen LogP contribution >= 0.6 is 0 Å². The van der Waals surface area contributed by atoms with Gasteiger partial charge in [-0.3, -0.25) is 9.69 Å².